The number of carbonyl (C=O) groups is 2. The lowest BCUT2D eigenvalue weighted by Crippen LogP contribution is -2.10. The fourth-order valence-electron chi connectivity index (χ4n) is 4.55. The number of H-pyrrole nitrogens is 2. The smallest absolute Gasteiger partial charge is 0.161 e. The van der Waals surface area contributed by atoms with Gasteiger partial charge in [-0.1, -0.05) is 24.3 Å². The summed E-state index contributed by atoms with van der Waals surface area (Å²) >= 11 is 0. The Morgan fingerprint density at radius 1 is 0.750 bits per heavy atom. The Hall–Kier alpha value is -2.88. The van der Waals surface area contributed by atoms with Crippen LogP contribution < -0.4 is 0 Å². The number of ketones is 2. The van der Waals surface area contributed by atoms with Gasteiger partial charge in [-0.3, -0.25) is 9.59 Å². The number of aromatic amines is 2. The molecule has 2 heterocycles. The van der Waals surface area contributed by atoms with E-state index in [1.54, 1.807) is 13.8 Å². The van der Waals surface area contributed by atoms with E-state index in [1.807, 2.05) is 39.8 Å². The highest BCUT2D eigenvalue weighted by Crippen LogP contribution is 2.39. The molecular formula is C24H28N2O2. The largest absolute Gasteiger partial charge is 0.361 e. The predicted octanol–water partition coefficient (Wildman–Crippen LogP) is 5.47. The maximum atomic E-state index is 12.2. The molecule has 3 rings (SSSR count). The van der Waals surface area contributed by atoms with Crippen molar-refractivity contribution >= 4 is 11.6 Å². The van der Waals surface area contributed by atoms with Gasteiger partial charge in [-0.2, -0.15) is 0 Å². The first-order valence-electron chi connectivity index (χ1n) is 9.60. The van der Waals surface area contributed by atoms with E-state index >= 15 is 0 Å². The van der Waals surface area contributed by atoms with Gasteiger partial charge in [0.15, 0.2) is 11.6 Å². The summed E-state index contributed by atoms with van der Waals surface area (Å²) in [5, 5.41) is 0. The van der Waals surface area contributed by atoms with E-state index < -0.39 is 0 Å². The van der Waals surface area contributed by atoms with Crippen LogP contribution in [0.15, 0.2) is 24.3 Å². The standard InChI is InChI=1S/C24H28N2O2/c1-12-10-8-9-11-19(12)22(23-13(2)20(17(6)27)15(4)25-23)24-14(3)21(18(7)28)16(5)26-24/h8-11,22,25-26H,1-7H3. The fourth-order valence-corrected chi connectivity index (χ4v) is 4.55. The molecule has 0 fully saturated rings. The number of hydrogen-bond acceptors (Lipinski definition) is 2. The van der Waals surface area contributed by atoms with Crippen molar-refractivity contribution in [2.45, 2.75) is 54.4 Å². The molecule has 0 aliphatic rings. The summed E-state index contributed by atoms with van der Waals surface area (Å²) in [4.78, 5) is 31.4. The van der Waals surface area contributed by atoms with Crippen LogP contribution in [0.3, 0.4) is 0 Å². The minimum atomic E-state index is -0.111. The lowest BCUT2D eigenvalue weighted by atomic mass is 9.85. The van der Waals surface area contributed by atoms with Crippen LogP contribution in [0, 0.1) is 34.6 Å². The molecule has 0 saturated heterocycles. The second kappa shape index (κ2) is 7.27. The molecule has 0 aliphatic heterocycles. The zero-order valence-corrected chi connectivity index (χ0v) is 17.7. The van der Waals surface area contributed by atoms with Crippen LogP contribution in [0.1, 0.15) is 85.5 Å². The van der Waals surface area contributed by atoms with Crippen molar-refractivity contribution in [1.82, 2.24) is 9.97 Å². The molecule has 0 unspecified atom stereocenters. The molecule has 0 bridgehead atoms. The van der Waals surface area contributed by atoms with Crippen molar-refractivity contribution in [1.29, 1.82) is 0 Å². The van der Waals surface area contributed by atoms with Crippen molar-refractivity contribution in [2.24, 2.45) is 0 Å². The first-order chi connectivity index (χ1) is 13.1. The number of carbonyl (C=O) groups excluding carboxylic acids is 2. The predicted molar refractivity (Wildman–Crippen MR) is 113 cm³/mol. The lowest BCUT2D eigenvalue weighted by Gasteiger charge is -2.20. The van der Waals surface area contributed by atoms with E-state index in [1.165, 1.54) is 5.56 Å². The molecule has 0 spiro atoms. The van der Waals surface area contributed by atoms with E-state index in [2.05, 4.69) is 29.0 Å². The summed E-state index contributed by atoms with van der Waals surface area (Å²) < 4.78 is 0. The molecule has 4 nitrogen and oxygen atoms in total. The minimum absolute atomic E-state index is 0.0600. The lowest BCUT2D eigenvalue weighted by molar-refractivity contribution is 0.100. The van der Waals surface area contributed by atoms with Gasteiger partial charge in [0.1, 0.15) is 0 Å². The van der Waals surface area contributed by atoms with Crippen molar-refractivity contribution in [3.05, 3.63) is 80.4 Å². The van der Waals surface area contributed by atoms with Crippen molar-refractivity contribution < 1.29 is 9.59 Å². The zero-order chi connectivity index (χ0) is 20.7. The number of benzene rings is 1. The maximum absolute atomic E-state index is 12.2. The van der Waals surface area contributed by atoms with Gasteiger partial charge >= 0.3 is 0 Å². The third-order valence-corrected chi connectivity index (χ3v) is 5.73. The fraction of sp³-hybridized carbons (Fsp3) is 0.333. The summed E-state index contributed by atoms with van der Waals surface area (Å²) in [5.74, 6) is 0.00879. The molecule has 0 aliphatic carbocycles. The first-order valence-corrected chi connectivity index (χ1v) is 9.60. The van der Waals surface area contributed by atoms with Crippen LogP contribution in [0.5, 0.6) is 0 Å². The number of nitrogens with one attached hydrogen (secondary N) is 2. The third kappa shape index (κ3) is 3.13. The normalized spacial score (nSPS) is 11.3. The second-order valence-corrected chi connectivity index (χ2v) is 7.73. The van der Waals surface area contributed by atoms with Gasteiger partial charge in [0.05, 0.1) is 5.92 Å². The molecule has 3 aromatic rings. The van der Waals surface area contributed by atoms with Gasteiger partial charge in [0, 0.05) is 33.9 Å². The number of Topliss-reactive ketones (excluding diaryl/α,β-unsaturated/α-hetero) is 2. The van der Waals surface area contributed by atoms with Crippen molar-refractivity contribution in [3.8, 4) is 0 Å². The van der Waals surface area contributed by atoms with Crippen molar-refractivity contribution in [3.63, 3.8) is 0 Å². The number of aromatic nitrogens is 2. The highest BCUT2D eigenvalue weighted by atomic mass is 16.1. The Bertz CT molecular complexity index is 1020. The first kappa shape index (κ1) is 19.9. The van der Waals surface area contributed by atoms with E-state index in [9.17, 15) is 9.59 Å². The average molecular weight is 377 g/mol. The third-order valence-electron chi connectivity index (χ3n) is 5.73. The van der Waals surface area contributed by atoms with E-state index in [4.69, 9.17) is 0 Å². The summed E-state index contributed by atoms with van der Waals surface area (Å²) in [7, 11) is 0. The van der Waals surface area contributed by atoms with Crippen LogP contribution in [-0.4, -0.2) is 21.5 Å². The van der Waals surface area contributed by atoms with Crippen LogP contribution in [0.2, 0.25) is 0 Å². The van der Waals surface area contributed by atoms with Crippen LogP contribution in [0.25, 0.3) is 0 Å². The second-order valence-electron chi connectivity index (χ2n) is 7.73. The number of hydrogen-bond donors (Lipinski definition) is 2. The molecule has 0 atom stereocenters. The number of aryl methyl sites for hydroxylation is 3. The number of rotatable bonds is 5. The Kier molecular flexibility index (Phi) is 5.16. The Morgan fingerprint density at radius 3 is 1.54 bits per heavy atom. The quantitative estimate of drug-likeness (QED) is 0.580. The van der Waals surface area contributed by atoms with Gasteiger partial charge in [-0.15, -0.1) is 0 Å². The van der Waals surface area contributed by atoms with Crippen LogP contribution >= 0.6 is 0 Å². The highest BCUT2D eigenvalue weighted by Gasteiger charge is 2.29. The van der Waals surface area contributed by atoms with E-state index in [-0.39, 0.29) is 17.5 Å². The SMILES string of the molecule is CC(=O)c1c(C)[nH]c(C(c2ccccc2C)c2[nH]c(C)c(C(C)=O)c2C)c1C. The van der Waals surface area contributed by atoms with Crippen LogP contribution in [-0.2, 0) is 0 Å². The van der Waals surface area contributed by atoms with E-state index in [0.29, 0.717) is 0 Å². The molecule has 2 N–H and O–H groups in total. The summed E-state index contributed by atoms with van der Waals surface area (Å²) in [6.07, 6.45) is 0. The van der Waals surface area contributed by atoms with Gasteiger partial charge in [0.25, 0.3) is 0 Å². The maximum Gasteiger partial charge on any atom is 0.161 e. The molecule has 0 saturated carbocycles. The zero-order valence-electron chi connectivity index (χ0n) is 17.7. The Morgan fingerprint density at radius 2 is 1.18 bits per heavy atom. The van der Waals surface area contributed by atoms with Gasteiger partial charge < -0.3 is 9.97 Å². The molecule has 0 radical (unpaired) electrons. The highest BCUT2D eigenvalue weighted by molar-refractivity contribution is 5.98. The van der Waals surface area contributed by atoms with Gasteiger partial charge in [0.2, 0.25) is 0 Å². The Labute approximate surface area is 166 Å². The van der Waals surface area contributed by atoms with Crippen LogP contribution in [0.4, 0.5) is 0 Å². The molecule has 4 heteroatoms. The Balaban J connectivity index is 2.35. The van der Waals surface area contributed by atoms with E-state index in [0.717, 1.165) is 50.6 Å². The molecule has 28 heavy (non-hydrogen) atoms. The molecule has 0 amide bonds. The summed E-state index contributed by atoms with van der Waals surface area (Å²) in [6, 6.07) is 8.27. The topological polar surface area (TPSA) is 65.7 Å². The summed E-state index contributed by atoms with van der Waals surface area (Å²) in [6.45, 7) is 13.2. The average Bonchev–Trinajstić information content (AvgIpc) is 3.05. The summed E-state index contributed by atoms with van der Waals surface area (Å²) in [5.41, 5.74) is 9.51. The van der Waals surface area contributed by atoms with Crippen molar-refractivity contribution in [2.75, 3.05) is 0 Å². The molecular weight excluding hydrogens is 348 g/mol. The molecule has 146 valence electrons. The van der Waals surface area contributed by atoms with Gasteiger partial charge in [-0.05, 0) is 70.7 Å². The molecule has 1 aromatic carbocycles. The van der Waals surface area contributed by atoms with Gasteiger partial charge in [-0.25, -0.2) is 0 Å². The minimum Gasteiger partial charge on any atom is -0.361 e. The monoisotopic (exact) mass is 376 g/mol. The molecule has 2 aromatic heterocycles.